The van der Waals surface area contributed by atoms with Crippen LogP contribution < -0.4 is 10.6 Å². The molecule has 0 spiro atoms. The minimum absolute atomic E-state index is 0.163. The van der Waals surface area contributed by atoms with Crippen molar-refractivity contribution in [2.24, 2.45) is 0 Å². The van der Waals surface area contributed by atoms with Crippen molar-refractivity contribution < 1.29 is 14.3 Å². The summed E-state index contributed by atoms with van der Waals surface area (Å²) in [4.78, 5) is 25.7. The molecule has 0 saturated heterocycles. The topological polar surface area (TPSA) is 70.7 Å². The lowest BCUT2D eigenvalue weighted by molar-refractivity contribution is 0.155. The summed E-state index contributed by atoms with van der Waals surface area (Å²) in [6.07, 6.45) is 0.451. The summed E-state index contributed by atoms with van der Waals surface area (Å²) in [5.41, 5.74) is 4.52. The molecule has 0 radical (unpaired) electrons. The van der Waals surface area contributed by atoms with Crippen LogP contribution >= 0.6 is 11.6 Å². The lowest BCUT2D eigenvalue weighted by Crippen LogP contribution is -2.27. The number of hydrogen-bond donors (Lipinski definition) is 2. The molecule has 1 aliphatic rings. The fraction of sp³-hybridized carbons (Fsp3) is 0.231. The highest BCUT2D eigenvalue weighted by molar-refractivity contribution is 6.31. The van der Waals surface area contributed by atoms with E-state index < -0.39 is 6.09 Å². The first-order chi connectivity index (χ1) is 15.9. The molecule has 3 aromatic rings. The maximum Gasteiger partial charge on any atom is 0.411 e. The van der Waals surface area contributed by atoms with Gasteiger partial charge in [-0.05, 0) is 65.3 Å². The van der Waals surface area contributed by atoms with Crippen LogP contribution in [0.5, 0.6) is 0 Å². The van der Waals surface area contributed by atoms with E-state index in [1.165, 1.54) is 4.90 Å². The lowest BCUT2D eigenvalue weighted by Gasteiger charge is -2.13. The number of halogens is 1. The van der Waals surface area contributed by atoms with Crippen LogP contribution in [0, 0.1) is 0 Å². The standard InChI is InChI=1S/C26H26ClN3O3/c1-30(2)25(31)28-21-10-6-9-18(12-21)23-15-24(23)19-11-20(27)14-22(13-19)29-26(32)33-16-17-7-4-3-5-8-17/h3-14,23-24H,15-16H2,1-2H3,(H,28,31)(H,29,32)/t23-,24-/m0/s1. The van der Waals surface area contributed by atoms with Gasteiger partial charge < -0.3 is 15.0 Å². The van der Waals surface area contributed by atoms with Gasteiger partial charge in [-0.15, -0.1) is 0 Å². The fourth-order valence-electron chi connectivity index (χ4n) is 3.79. The molecule has 3 amide bonds. The van der Waals surface area contributed by atoms with Gasteiger partial charge in [0.15, 0.2) is 0 Å². The zero-order chi connectivity index (χ0) is 23.4. The number of nitrogens with one attached hydrogen (secondary N) is 2. The molecule has 3 aromatic carbocycles. The molecular formula is C26H26ClN3O3. The zero-order valence-electron chi connectivity index (χ0n) is 18.5. The van der Waals surface area contributed by atoms with Crippen molar-refractivity contribution in [2.75, 3.05) is 24.7 Å². The van der Waals surface area contributed by atoms with Crippen molar-refractivity contribution in [3.63, 3.8) is 0 Å². The minimum atomic E-state index is -0.524. The first-order valence-corrected chi connectivity index (χ1v) is 11.1. The number of benzene rings is 3. The molecule has 0 bridgehead atoms. The lowest BCUT2D eigenvalue weighted by atomic mass is 10.0. The summed E-state index contributed by atoms with van der Waals surface area (Å²) in [7, 11) is 3.41. The molecule has 0 heterocycles. The van der Waals surface area contributed by atoms with Gasteiger partial charge in [-0.3, -0.25) is 5.32 Å². The molecular weight excluding hydrogens is 438 g/mol. The number of amides is 3. The average Bonchev–Trinajstić information content (AvgIpc) is 3.59. The number of anilines is 2. The molecule has 4 rings (SSSR count). The SMILES string of the molecule is CN(C)C(=O)Nc1cccc([C@@H]2C[C@H]2c2cc(Cl)cc(NC(=O)OCc3ccccc3)c2)c1. The van der Waals surface area contributed by atoms with Crippen LogP contribution in [0.4, 0.5) is 21.0 Å². The predicted octanol–water partition coefficient (Wildman–Crippen LogP) is 6.45. The third kappa shape index (κ3) is 6.05. The summed E-state index contributed by atoms with van der Waals surface area (Å²) in [6.45, 7) is 0.200. The molecule has 0 unspecified atom stereocenters. The average molecular weight is 464 g/mol. The largest absolute Gasteiger partial charge is 0.444 e. The van der Waals surface area contributed by atoms with Crippen molar-refractivity contribution in [3.8, 4) is 0 Å². The van der Waals surface area contributed by atoms with E-state index in [-0.39, 0.29) is 12.6 Å². The van der Waals surface area contributed by atoms with Crippen LogP contribution in [0.1, 0.15) is 34.9 Å². The summed E-state index contributed by atoms with van der Waals surface area (Å²) in [5.74, 6) is 0.627. The Hall–Kier alpha value is -3.51. The Balaban J connectivity index is 1.39. The number of urea groups is 1. The number of hydrogen-bond acceptors (Lipinski definition) is 3. The van der Waals surface area contributed by atoms with Crippen LogP contribution in [-0.4, -0.2) is 31.1 Å². The normalized spacial score (nSPS) is 16.6. The summed E-state index contributed by atoms with van der Waals surface area (Å²) in [5, 5.41) is 6.22. The molecule has 2 atom stereocenters. The Morgan fingerprint density at radius 3 is 2.39 bits per heavy atom. The van der Waals surface area contributed by atoms with Crippen LogP contribution in [0.15, 0.2) is 72.8 Å². The van der Waals surface area contributed by atoms with Gasteiger partial charge in [0, 0.05) is 30.5 Å². The van der Waals surface area contributed by atoms with Crippen molar-refractivity contribution in [1.82, 2.24) is 4.90 Å². The third-order valence-corrected chi connectivity index (χ3v) is 5.79. The smallest absolute Gasteiger partial charge is 0.411 e. The van der Waals surface area contributed by atoms with E-state index in [4.69, 9.17) is 16.3 Å². The van der Waals surface area contributed by atoms with Gasteiger partial charge in [-0.25, -0.2) is 9.59 Å². The summed E-state index contributed by atoms with van der Waals surface area (Å²) >= 11 is 6.34. The highest BCUT2D eigenvalue weighted by Gasteiger charge is 2.39. The second-order valence-electron chi connectivity index (χ2n) is 8.36. The number of ether oxygens (including phenoxy) is 1. The molecule has 33 heavy (non-hydrogen) atoms. The molecule has 0 aromatic heterocycles. The van der Waals surface area contributed by atoms with Crippen LogP contribution in [0.3, 0.4) is 0 Å². The van der Waals surface area contributed by atoms with Gasteiger partial charge in [0.2, 0.25) is 0 Å². The van der Waals surface area contributed by atoms with Crippen LogP contribution in [0.25, 0.3) is 0 Å². The molecule has 2 N–H and O–H groups in total. The summed E-state index contributed by atoms with van der Waals surface area (Å²) < 4.78 is 5.31. The number of carbonyl (C=O) groups is 2. The zero-order valence-corrected chi connectivity index (χ0v) is 19.3. The van der Waals surface area contributed by atoms with E-state index in [0.717, 1.165) is 28.8 Å². The van der Waals surface area contributed by atoms with Gasteiger partial charge in [0.1, 0.15) is 6.61 Å². The van der Waals surface area contributed by atoms with E-state index in [1.807, 2.05) is 60.7 Å². The Bertz CT molecular complexity index is 1150. The second-order valence-corrected chi connectivity index (χ2v) is 8.80. The molecule has 1 saturated carbocycles. The first kappa shape index (κ1) is 22.7. The molecule has 170 valence electrons. The highest BCUT2D eigenvalue weighted by atomic mass is 35.5. The van der Waals surface area contributed by atoms with Crippen molar-refractivity contribution in [1.29, 1.82) is 0 Å². The summed E-state index contributed by atoms with van der Waals surface area (Å²) in [6, 6.07) is 22.9. The fourth-order valence-corrected chi connectivity index (χ4v) is 4.03. The molecule has 6 nitrogen and oxygen atoms in total. The van der Waals surface area contributed by atoms with E-state index in [1.54, 1.807) is 20.2 Å². The second kappa shape index (κ2) is 9.96. The van der Waals surface area contributed by atoms with E-state index in [0.29, 0.717) is 22.5 Å². The quantitative estimate of drug-likeness (QED) is 0.441. The van der Waals surface area contributed by atoms with Gasteiger partial charge in [-0.2, -0.15) is 0 Å². The molecule has 1 aliphatic carbocycles. The van der Waals surface area contributed by atoms with Crippen LogP contribution in [-0.2, 0) is 11.3 Å². The monoisotopic (exact) mass is 463 g/mol. The first-order valence-electron chi connectivity index (χ1n) is 10.8. The predicted molar refractivity (Wildman–Crippen MR) is 131 cm³/mol. The van der Waals surface area contributed by atoms with Crippen molar-refractivity contribution >= 4 is 35.1 Å². The number of nitrogens with zero attached hydrogens (tertiary/aromatic N) is 1. The maximum absolute atomic E-state index is 12.2. The Morgan fingerprint density at radius 1 is 0.909 bits per heavy atom. The van der Waals surface area contributed by atoms with Crippen molar-refractivity contribution in [3.05, 3.63) is 94.5 Å². The van der Waals surface area contributed by atoms with Crippen molar-refractivity contribution in [2.45, 2.75) is 24.9 Å². The highest BCUT2D eigenvalue weighted by Crippen LogP contribution is 2.55. The maximum atomic E-state index is 12.2. The van der Waals surface area contributed by atoms with Gasteiger partial charge in [-0.1, -0.05) is 54.1 Å². The molecule has 0 aliphatic heterocycles. The number of carbonyl (C=O) groups excluding carboxylic acids is 2. The van der Waals surface area contributed by atoms with Gasteiger partial charge in [0.05, 0.1) is 0 Å². The van der Waals surface area contributed by atoms with E-state index in [9.17, 15) is 9.59 Å². The number of rotatable bonds is 6. The minimum Gasteiger partial charge on any atom is -0.444 e. The van der Waals surface area contributed by atoms with Gasteiger partial charge in [0.25, 0.3) is 0 Å². The Kier molecular flexibility index (Phi) is 6.84. The Labute approximate surface area is 198 Å². The third-order valence-electron chi connectivity index (χ3n) is 5.57. The van der Waals surface area contributed by atoms with Gasteiger partial charge >= 0.3 is 12.1 Å². The molecule has 1 fully saturated rings. The van der Waals surface area contributed by atoms with Crippen LogP contribution in [0.2, 0.25) is 5.02 Å². The van der Waals surface area contributed by atoms with E-state index >= 15 is 0 Å². The van der Waals surface area contributed by atoms with E-state index in [2.05, 4.69) is 16.7 Å². The molecule has 7 heteroatoms. The Morgan fingerprint density at radius 2 is 1.64 bits per heavy atom.